The number of amides is 2. The van der Waals surface area contributed by atoms with Gasteiger partial charge in [-0.05, 0) is 64.3 Å². The zero-order valence-corrected chi connectivity index (χ0v) is 17.4. The Balaban J connectivity index is 1.72. The Morgan fingerprint density at radius 1 is 1.27 bits per heavy atom. The van der Waals surface area contributed by atoms with Crippen molar-refractivity contribution in [2.24, 2.45) is 0 Å². The molecule has 1 saturated carbocycles. The number of alkyl halides is 3. The van der Waals surface area contributed by atoms with Gasteiger partial charge in [0.15, 0.2) is 0 Å². The lowest BCUT2D eigenvalue weighted by molar-refractivity contribution is -0.274. The maximum Gasteiger partial charge on any atom is 0.573 e. The first-order chi connectivity index (χ1) is 13.9. The second-order valence-electron chi connectivity index (χ2n) is 8.01. The first-order valence-electron chi connectivity index (χ1n) is 9.58. The van der Waals surface area contributed by atoms with Crippen molar-refractivity contribution in [3.8, 4) is 11.5 Å². The van der Waals surface area contributed by atoms with Crippen LogP contribution in [0.15, 0.2) is 54.5 Å². The number of hydrogen-bond acceptors (Lipinski definition) is 3. The van der Waals surface area contributed by atoms with Crippen LogP contribution in [-0.2, 0) is 0 Å². The molecule has 0 radical (unpaired) electrons. The molecule has 1 aromatic carbocycles. The second kappa shape index (κ2) is 7.41. The molecular weight excluding hydrogens is 397 g/mol. The predicted octanol–water partition coefficient (Wildman–Crippen LogP) is 5.58. The molecule has 8 heteroatoms. The summed E-state index contributed by atoms with van der Waals surface area (Å²) in [7, 11) is 0. The fourth-order valence-electron chi connectivity index (χ4n) is 3.79. The normalized spacial score (nSPS) is 19.9. The Bertz CT molecular complexity index is 928. The van der Waals surface area contributed by atoms with Gasteiger partial charge in [0.05, 0.1) is 11.1 Å². The van der Waals surface area contributed by atoms with Gasteiger partial charge in [0.25, 0.3) is 0 Å². The van der Waals surface area contributed by atoms with Crippen molar-refractivity contribution in [2.45, 2.75) is 58.0 Å². The van der Waals surface area contributed by atoms with E-state index >= 15 is 0 Å². The third kappa shape index (κ3) is 4.17. The summed E-state index contributed by atoms with van der Waals surface area (Å²) < 4.78 is 47.1. The second-order valence-corrected chi connectivity index (χ2v) is 8.01. The average molecular weight is 422 g/mol. The molecule has 162 valence electrons. The minimum Gasteiger partial charge on any atom is -0.458 e. The number of aryl methyl sites for hydroxylation is 1. The van der Waals surface area contributed by atoms with Crippen molar-refractivity contribution in [1.82, 2.24) is 10.2 Å². The van der Waals surface area contributed by atoms with Crippen molar-refractivity contribution < 1.29 is 27.4 Å². The molecule has 2 fully saturated rings. The SMILES string of the molecule is C=C(/C=C\C(=C/C)N1C(=O)NC(C)(C)C12CC2)Oc1ccc(C)c(OC(F)(F)F)c1. The summed E-state index contributed by atoms with van der Waals surface area (Å²) in [5.74, 6) is 0.0349. The summed E-state index contributed by atoms with van der Waals surface area (Å²) in [5, 5.41) is 3.02. The molecule has 30 heavy (non-hydrogen) atoms. The van der Waals surface area contributed by atoms with Crippen LogP contribution in [0, 0.1) is 6.92 Å². The van der Waals surface area contributed by atoms with Crippen LogP contribution in [-0.4, -0.2) is 28.4 Å². The summed E-state index contributed by atoms with van der Waals surface area (Å²) >= 11 is 0. The van der Waals surface area contributed by atoms with Gasteiger partial charge in [0.2, 0.25) is 0 Å². The highest BCUT2D eigenvalue weighted by atomic mass is 19.4. The van der Waals surface area contributed by atoms with Gasteiger partial charge in [0.1, 0.15) is 17.3 Å². The number of carbonyl (C=O) groups is 1. The van der Waals surface area contributed by atoms with Crippen LogP contribution >= 0.6 is 0 Å². The highest BCUT2D eigenvalue weighted by Gasteiger charge is 2.65. The maximum absolute atomic E-state index is 12.5. The van der Waals surface area contributed by atoms with Crippen LogP contribution in [0.5, 0.6) is 11.5 Å². The van der Waals surface area contributed by atoms with E-state index in [-0.39, 0.29) is 34.4 Å². The molecular formula is C22H25F3N2O3. The van der Waals surface area contributed by atoms with E-state index in [0.717, 1.165) is 18.9 Å². The van der Waals surface area contributed by atoms with Gasteiger partial charge in [0, 0.05) is 11.8 Å². The van der Waals surface area contributed by atoms with Crippen LogP contribution < -0.4 is 14.8 Å². The first-order valence-corrected chi connectivity index (χ1v) is 9.58. The fourth-order valence-corrected chi connectivity index (χ4v) is 3.79. The van der Waals surface area contributed by atoms with E-state index in [1.54, 1.807) is 17.1 Å². The smallest absolute Gasteiger partial charge is 0.458 e. The minimum atomic E-state index is -4.79. The summed E-state index contributed by atoms with van der Waals surface area (Å²) in [6.07, 6.45) is 2.15. The Kier molecular flexibility index (Phi) is 5.39. The molecule has 0 bridgehead atoms. The van der Waals surface area contributed by atoms with Crippen LogP contribution in [0.2, 0.25) is 0 Å². The standard InChI is InChI=1S/C22H25F3N2O3/c1-6-16(27-19(28)26-20(4,5)21(27)11-12-21)9-8-15(3)29-17-10-7-14(2)18(13-17)30-22(23,24)25/h6-10,13H,3,11-12H2,1-2,4-5H3,(H,26,28)/b9-8-,16-6+. The Labute approximate surface area is 173 Å². The van der Waals surface area contributed by atoms with E-state index in [1.807, 2.05) is 26.8 Å². The molecule has 5 nitrogen and oxygen atoms in total. The summed E-state index contributed by atoms with van der Waals surface area (Å²) in [4.78, 5) is 14.3. The Morgan fingerprint density at radius 3 is 2.50 bits per heavy atom. The monoisotopic (exact) mass is 422 g/mol. The molecule has 1 N–H and O–H groups in total. The van der Waals surface area contributed by atoms with Crippen LogP contribution in [0.1, 0.15) is 39.2 Å². The number of benzene rings is 1. The number of ether oxygens (including phenoxy) is 2. The van der Waals surface area contributed by atoms with E-state index in [4.69, 9.17) is 4.74 Å². The van der Waals surface area contributed by atoms with Crippen LogP contribution in [0.25, 0.3) is 0 Å². The molecule has 1 saturated heterocycles. The van der Waals surface area contributed by atoms with Crippen LogP contribution in [0.4, 0.5) is 18.0 Å². The highest BCUT2D eigenvalue weighted by molar-refractivity contribution is 5.83. The number of allylic oxidation sites excluding steroid dienone is 3. The summed E-state index contributed by atoms with van der Waals surface area (Å²) in [6, 6.07) is 4.00. The van der Waals surface area contributed by atoms with Gasteiger partial charge < -0.3 is 14.8 Å². The predicted molar refractivity (Wildman–Crippen MR) is 107 cm³/mol. The average Bonchev–Trinajstić information content (AvgIpc) is 3.38. The molecule has 1 aliphatic carbocycles. The lowest BCUT2D eigenvalue weighted by Crippen LogP contribution is -2.46. The molecule has 3 rings (SSSR count). The lowest BCUT2D eigenvalue weighted by atomic mass is 9.93. The van der Waals surface area contributed by atoms with E-state index in [1.165, 1.54) is 19.1 Å². The van der Waals surface area contributed by atoms with Crippen molar-refractivity contribution in [3.05, 3.63) is 60.0 Å². The van der Waals surface area contributed by atoms with Gasteiger partial charge in [-0.15, -0.1) is 13.2 Å². The quantitative estimate of drug-likeness (QED) is 0.481. The third-order valence-electron chi connectivity index (χ3n) is 5.57. The number of carbonyl (C=O) groups excluding carboxylic acids is 1. The first kappa shape index (κ1) is 21.8. The number of nitrogens with zero attached hydrogens (tertiary/aromatic N) is 1. The van der Waals surface area contributed by atoms with Crippen molar-refractivity contribution >= 4 is 6.03 Å². The lowest BCUT2D eigenvalue weighted by Gasteiger charge is -2.31. The van der Waals surface area contributed by atoms with Gasteiger partial charge in [-0.3, -0.25) is 4.90 Å². The minimum absolute atomic E-state index is 0.158. The van der Waals surface area contributed by atoms with Gasteiger partial charge in [-0.25, -0.2) is 4.79 Å². The zero-order chi connectivity index (χ0) is 22.3. The summed E-state index contributed by atoms with van der Waals surface area (Å²) in [6.45, 7) is 11.1. The number of halogens is 3. The van der Waals surface area contributed by atoms with Crippen molar-refractivity contribution in [1.29, 1.82) is 0 Å². The number of urea groups is 1. The summed E-state index contributed by atoms with van der Waals surface area (Å²) in [5.41, 5.74) is 0.440. The Hall–Kier alpha value is -2.90. The fraction of sp³-hybridized carbons (Fsp3) is 0.409. The van der Waals surface area contributed by atoms with Gasteiger partial charge in [-0.2, -0.15) is 0 Å². The molecule has 0 atom stereocenters. The molecule has 1 aliphatic heterocycles. The molecule has 1 aromatic rings. The highest BCUT2D eigenvalue weighted by Crippen LogP contribution is 2.54. The molecule has 0 unspecified atom stereocenters. The topological polar surface area (TPSA) is 50.8 Å². The molecule has 1 heterocycles. The van der Waals surface area contributed by atoms with E-state index in [9.17, 15) is 18.0 Å². The zero-order valence-electron chi connectivity index (χ0n) is 17.4. The molecule has 1 spiro atoms. The molecule has 0 aromatic heterocycles. The molecule has 2 amide bonds. The third-order valence-corrected chi connectivity index (χ3v) is 5.57. The number of hydrogen-bond donors (Lipinski definition) is 1. The number of nitrogens with one attached hydrogen (secondary N) is 1. The van der Waals surface area contributed by atoms with Gasteiger partial charge in [-0.1, -0.05) is 18.7 Å². The van der Waals surface area contributed by atoms with E-state index in [2.05, 4.69) is 16.6 Å². The van der Waals surface area contributed by atoms with E-state index in [0.29, 0.717) is 11.3 Å². The Morgan fingerprint density at radius 2 is 1.93 bits per heavy atom. The molecule has 2 aliphatic rings. The largest absolute Gasteiger partial charge is 0.573 e. The van der Waals surface area contributed by atoms with Crippen molar-refractivity contribution in [3.63, 3.8) is 0 Å². The number of rotatable bonds is 6. The van der Waals surface area contributed by atoms with E-state index < -0.39 is 6.36 Å². The maximum atomic E-state index is 12.5. The van der Waals surface area contributed by atoms with Gasteiger partial charge >= 0.3 is 12.4 Å². The van der Waals surface area contributed by atoms with Crippen LogP contribution in [0.3, 0.4) is 0 Å². The van der Waals surface area contributed by atoms with Crippen molar-refractivity contribution in [2.75, 3.05) is 0 Å².